The minimum atomic E-state index is 0.0828. The lowest BCUT2D eigenvalue weighted by molar-refractivity contribution is 0.300. The second-order valence-corrected chi connectivity index (χ2v) is 4.88. The van der Waals surface area contributed by atoms with Crippen molar-refractivity contribution in [3.8, 4) is 16.3 Å². The van der Waals surface area contributed by atoms with Gasteiger partial charge in [-0.2, -0.15) is 0 Å². The summed E-state index contributed by atoms with van der Waals surface area (Å²) in [5.74, 6) is 0.789. The standard InChI is InChI=1S/C12H12ClNO2S/c1-16-9-4-2-3-8(7-9)12-14-11(13)10(17-12)5-6-15/h2-4,7,15H,5-6H2,1H3. The van der Waals surface area contributed by atoms with E-state index in [1.165, 1.54) is 11.3 Å². The third-order valence-corrected chi connectivity index (χ3v) is 3.89. The highest BCUT2D eigenvalue weighted by Crippen LogP contribution is 2.32. The predicted octanol–water partition coefficient (Wildman–Crippen LogP) is 3.01. The Morgan fingerprint density at radius 1 is 1.47 bits per heavy atom. The molecule has 0 amide bonds. The van der Waals surface area contributed by atoms with Gasteiger partial charge in [0.2, 0.25) is 0 Å². The van der Waals surface area contributed by atoms with Gasteiger partial charge in [-0.05, 0) is 12.1 Å². The van der Waals surface area contributed by atoms with Gasteiger partial charge in [-0.15, -0.1) is 11.3 Å². The lowest BCUT2D eigenvalue weighted by Gasteiger charge is -2.00. The number of methoxy groups -OCH3 is 1. The van der Waals surface area contributed by atoms with Crippen molar-refractivity contribution in [3.05, 3.63) is 34.3 Å². The average Bonchev–Trinajstić information content (AvgIpc) is 2.72. The third kappa shape index (κ3) is 2.77. The zero-order chi connectivity index (χ0) is 12.3. The molecule has 2 aromatic rings. The molecule has 0 radical (unpaired) electrons. The molecule has 0 saturated heterocycles. The first kappa shape index (κ1) is 12.4. The Hall–Kier alpha value is -1.10. The van der Waals surface area contributed by atoms with Crippen LogP contribution in [0.25, 0.3) is 10.6 Å². The molecule has 5 heteroatoms. The van der Waals surface area contributed by atoms with Crippen LogP contribution in [-0.2, 0) is 6.42 Å². The van der Waals surface area contributed by atoms with Crippen molar-refractivity contribution in [1.29, 1.82) is 0 Å². The van der Waals surface area contributed by atoms with Crippen LogP contribution in [0.1, 0.15) is 4.88 Å². The van der Waals surface area contributed by atoms with E-state index in [1.807, 2.05) is 24.3 Å². The third-order valence-electron chi connectivity index (χ3n) is 2.31. The van der Waals surface area contributed by atoms with E-state index in [4.69, 9.17) is 21.4 Å². The molecular weight excluding hydrogens is 258 g/mol. The van der Waals surface area contributed by atoms with Crippen LogP contribution in [0.15, 0.2) is 24.3 Å². The van der Waals surface area contributed by atoms with E-state index in [-0.39, 0.29) is 6.61 Å². The monoisotopic (exact) mass is 269 g/mol. The lowest BCUT2D eigenvalue weighted by Crippen LogP contribution is -1.86. The summed E-state index contributed by atoms with van der Waals surface area (Å²) >= 11 is 7.50. The summed E-state index contributed by atoms with van der Waals surface area (Å²) in [5, 5.41) is 10.2. The molecule has 3 nitrogen and oxygen atoms in total. The van der Waals surface area contributed by atoms with Crippen LogP contribution in [0.5, 0.6) is 5.75 Å². The van der Waals surface area contributed by atoms with Crippen molar-refractivity contribution < 1.29 is 9.84 Å². The molecule has 0 fully saturated rings. The summed E-state index contributed by atoms with van der Waals surface area (Å²) in [5.41, 5.74) is 0.973. The first-order valence-electron chi connectivity index (χ1n) is 5.15. The first-order valence-corrected chi connectivity index (χ1v) is 6.34. The van der Waals surface area contributed by atoms with Crippen molar-refractivity contribution in [1.82, 2.24) is 4.98 Å². The second kappa shape index (κ2) is 5.49. The Labute approximate surface area is 109 Å². The fourth-order valence-electron chi connectivity index (χ4n) is 1.47. The van der Waals surface area contributed by atoms with Gasteiger partial charge in [0.15, 0.2) is 0 Å². The van der Waals surface area contributed by atoms with E-state index in [1.54, 1.807) is 7.11 Å². The molecule has 1 aromatic carbocycles. The Bertz CT molecular complexity index is 513. The summed E-state index contributed by atoms with van der Waals surface area (Å²) < 4.78 is 5.16. The number of halogens is 1. The number of aliphatic hydroxyl groups excluding tert-OH is 1. The summed E-state index contributed by atoms with van der Waals surface area (Å²) in [6.45, 7) is 0.0828. The normalized spacial score (nSPS) is 10.5. The van der Waals surface area contributed by atoms with E-state index in [0.717, 1.165) is 21.2 Å². The molecule has 0 spiro atoms. The number of hydrogen-bond donors (Lipinski definition) is 1. The van der Waals surface area contributed by atoms with Crippen molar-refractivity contribution in [3.63, 3.8) is 0 Å². The molecule has 0 aliphatic carbocycles. The van der Waals surface area contributed by atoms with E-state index >= 15 is 0 Å². The largest absolute Gasteiger partial charge is 0.497 e. The molecule has 2 rings (SSSR count). The maximum Gasteiger partial charge on any atom is 0.143 e. The number of nitrogens with zero attached hydrogens (tertiary/aromatic N) is 1. The van der Waals surface area contributed by atoms with Crippen molar-refractivity contribution in [2.24, 2.45) is 0 Å². The SMILES string of the molecule is COc1cccc(-c2nc(Cl)c(CCO)s2)c1. The molecule has 0 saturated carbocycles. The topological polar surface area (TPSA) is 42.4 Å². The maximum absolute atomic E-state index is 8.91. The van der Waals surface area contributed by atoms with Gasteiger partial charge in [-0.1, -0.05) is 23.7 Å². The van der Waals surface area contributed by atoms with Crippen LogP contribution in [-0.4, -0.2) is 23.8 Å². The molecule has 1 N–H and O–H groups in total. The molecule has 0 bridgehead atoms. The van der Waals surface area contributed by atoms with Gasteiger partial charge in [0.1, 0.15) is 15.9 Å². The number of aliphatic hydroxyl groups is 1. The number of aromatic nitrogens is 1. The second-order valence-electron chi connectivity index (χ2n) is 3.44. The van der Waals surface area contributed by atoms with Crippen LogP contribution >= 0.6 is 22.9 Å². The van der Waals surface area contributed by atoms with Gasteiger partial charge in [0.05, 0.1) is 7.11 Å². The zero-order valence-corrected chi connectivity index (χ0v) is 10.9. The first-order chi connectivity index (χ1) is 8.24. The average molecular weight is 270 g/mol. The number of ether oxygens (including phenoxy) is 1. The highest BCUT2D eigenvalue weighted by atomic mass is 35.5. The molecule has 1 heterocycles. The van der Waals surface area contributed by atoms with Gasteiger partial charge < -0.3 is 9.84 Å². The number of benzene rings is 1. The quantitative estimate of drug-likeness (QED) is 0.928. The molecular formula is C12H12ClNO2S. The van der Waals surface area contributed by atoms with Crippen molar-refractivity contribution >= 4 is 22.9 Å². The van der Waals surface area contributed by atoms with Crippen LogP contribution in [0.2, 0.25) is 5.15 Å². The van der Waals surface area contributed by atoms with Crippen LogP contribution in [0, 0.1) is 0 Å². The Morgan fingerprint density at radius 3 is 3.00 bits per heavy atom. The van der Waals surface area contributed by atoms with Gasteiger partial charge in [0, 0.05) is 23.5 Å². The van der Waals surface area contributed by atoms with E-state index in [2.05, 4.69) is 4.98 Å². The van der Waals surface area contributed by atoms with E-state index in [0.29, 0.717) is 11.6 Å². The number of rotatable bonds is 4. The van der Waals surface area contributed by atoms with Gasteiger partial charge in [0.25, 0.3) is 0 Å². The van der Waals surface area contributed by atoms with Crippen molar-refractivity contribution in [2.75, 3.05) is 13.7 Å². The summed E-state index contributed by atoms with van der Waals surface area (Å²) in [7, 11) is 1.63. The zero-order valence-electron chi connectivity index (χ0n) is 9.31. The molecule has 0 aliphatic rings. The summed E-state index contributed by atoms with van der Waals surface area (Å²) in [4.78, 5) is 5.20. The van der Waals surface area contributed by atoms with Crippen LogP contribution in [0.4, 0.5) is 0 Å². The van der Waals surface area contributed by atoms with Crippen LogP contribution < -0.4 is 4.74 Å². The summed E-state index contributed by atoms with van der Waals surface area (Å²) in [6.07, 6.45) is 0.542. The molecule has 90 valence electrons. The Kier molecular flexibility index (Phi) is 3.99. The Morgan fingerprint density at radius 2 is 2.29 bits per heavy atom. The minimum Gasteiger partial charge on any atom is -0.497 e. The molecule has 0 unspecified atom stereocenters. The van der Waals surface area contributed by atoms with Crippen molar-refractivity contribution in [2.45, 2.75) is 6.42 Å². The van der Waals surface area contributed by atoms with Crippen LogP contribution in [0.3, 0.4) is 0 Å². The van der Waals surface area contributed by atoms with E-state index in [9.17, 15) is 0 Å². The fraction of sp³-hybridized carbons (Fsp3) is 0.250. The molecule has 0 atom stereocenters. The maximum atomic E-state index is 8.91. The molecule has 17 heavy (non-hydrogen) atoms. The Balaban J connectivity index is 2.35. The fourth-order valence-corrected chi connectivity index (χ4v) is 2.75. The van der Waals surface area contributed by atoms with Gasteiger partial charge >= 0.3 is 0 Å². The highest BCUT2D eigenvalue weighted by Gasteiger charge is 2.10. The minimum absolute atomic E-state index is 0.0828. The predicted molar refractivity (Wildman–Crippen MR) is 69.9 cm³/mol. The lowest BCUT2D eigenvalue weighted by atomic mass is 10.2. The smallest absolute Gasteiger partial charge is 0.143 e. The highest BCUT2D eigenvalue weighted by molar-refractivity contribution is 7.15. The number of hydrogen-bond acceptors (Lipinski definition) is 4. The van der Waals surface area contributed by atoms with E-state index < -0.39 is 0 Å². The number of thiazole rings is 1. The van der Waals surface area contributed by atoms with Gasteiger partial charge in [-0.25, -0.2) is 4.98 Å². The molecule has 1 aromatic heterocycles. The molecule has 0 aliphatic heterocycles. The summed E-state index contributed by atoms with van der Waals surface area (Å²) in [6, 6.07) is 7.67. The van der Waals surface area contributed by atoms with Gasteiger partial charge in [-0.3, -0.25) is 0 Å².